The minimum absolute atomic E-state index is 0.118. The van der Waals surface area contributed by atoms with Crippen molar-refractivity contribution < 1.29 is 8.42 Å². The molecule has 0 heterocycles. The fourth-order valence-electron chi connectivity index (χ4n) is 1.21. The van der Waals surface area contributed by atoms with Crippen LogP contribution in [0.25, 0.3) is 0 Å². The number of hydrogen-bond donors (Lipinski definition) is 3. The van der Waals surface area contributed by atoms with Gasteiger partial charge in [0.25, 0.3) is 0 Å². The van der Waals surface area contributed by atoms with Crippen molar-refractivity contribution in [1.82, 2.24) is 15.4 Å². The molecule has 120 valence electrons. The minimum Gasteiger partial charge on any atom is -0.356 e. The third kappa shape index (κ3) is 9.44. The Labute approximate surface area is 127 Å². The van der Waals surface area contributed by atoms with Gasteiger partial charge in [-0.1, -0.05) is 0 Å². The van der Waals surface area contributed by atoms with Crippen LogP contribution in [0.1, 0.15) is 27.2 Å². The first-order chi connectivity index (χ1) is 9.26. The summed E-state index contributed by atoms with van der Waals surface area (Å²) >= 11 is 1.79. The van der Waals surface area contributed by atoms with Crippen molar-refractivity contribution in [2.45, 2.75) is 31.9 Å². The first-order valence-electron chi connectivity index (χ1n) is 6.73. The van der Waals surface area contributed by atoms with E-state index in [1.54, 1.807) is 25.7 Å². The molecule has 0 aromatic rings. The highest BCUT2D eigenvalue weighted by molar-refractivity contribution is 7.99. The van der Waals surface area contributed by atoms with E-state index in [-0.39, 0.29) is 10.5 Å². The van der Waals surface area contributed by atoms with Crippen LogP contribution in [-0.4, -0.2) is 57.8 Å². The molecule has 0 aromatic carbocycles. The molecule has 0 rings (SSSR count). The van der Waals surface area contributed by atoms with Gasteiger partial charge >= 0.3 is 0 Å². The Morgan fingerprint density at radius 3 is 2.40 bits per heavy atom. The Kier molecular flexibility index (Phi) is 9.24. The van der Waals surface area contributed by atoms with Gasteiger partial charge in [0.2, 0.25) is 10.0 Å². The molecule has 0 aliphatic carbocycles. The fraction of sp³-hybridized carbons (Fsp3) is 0.917. The molecule has 0 aromatic heterocycles. The molecule has 0 bridgehead atoms. The van der Waals surface area contributed by atoms with Crippen molar-refractivity contribution >= 4 is 27.7 Å². The Morgan fingerprint density at radius 1 is 1.25 bits per heavy atom. The van der Waals surface area contributed by atoms with Crippen molar-refractivity contribution in [2.75, 3.05) is 38.7 Å². The molecule has 0 fully saturated rings. The summed E-state index contributed by atoms with van der Waals surface area (Å²) in [6.07, 6.45) is 2.80. The summed E-state index contributed by atoms with van der Waals surface area (Å²) in [5.74, 6) is 0.860. The molecule has 6 nitrogen and oxygen atoms in total. The van der Waals surface area contributed by atoms with Crippen LogP contribution in [-0.2, 0) is 10.0 Å². The lowest BCUT2D eigenvalue weighted by Crippen LogP contribution is -2.44. The van der Waals surface area contributed by atoms with Gasteiger partial charge in [-0.2, -0.15) is 11.8 Å². The molecule has 0 aliphatic rings. The first-order valence-corrected chi connectivity index (χ1v) is 9.61. The summed E-state index contributed by atoms with van der Waals surface area (Å²) in [7, 11) is -1.36. The molecule has 0 amide bonds. The van der Waals surface area contributed by atoms with Crippen LogP contribution in [0.5, 0.6) is 0 Å². The van der Waals surface area contributed by atoms with Crippen molar-refractivity contribution in [2.24, 2.45) is 4.99 Å². The van der Waals surface area contributed by atoms with Crippen molar-refractivity contribution in [3.05, 3.63) is 0 Å². The maximum Gasteiger partial charge on any atom is 0.211 e. The molecule has 0 atom stereocenters. The van der Waals surface area contributed by atoms with Gasteiger partial charge in [-0.05, 0) is 33.4 Å². The molecule has 0 radical (unpaired) electrons. The van der Waals surface area contributed by atoms with Crippen LogP contribution in [0.4, 0.5) is 0 Å². The summed E-state index contributed by atoms with van der Waals surface area (Å²) in [5, 5.41) is 6.42. The van der Waals surface area contributed by atoms with Crippen molar-refractivity contribution in [3.63, 3.8) is 0 Å². The van der Waals surface area contributed by atoms with E-state index in [0.29, 0.717) is 19.5 Å². The molecule has 0 saturated heterocycles. The quantitative estimate of drug-likeness (QED) is 0.329. The predicted molar refractivity (Wildman–Crippen MR) is 89.0 cm³/mol. The first kappa shape index (κ1) is 19.5. The summed E-state index contributed by atoms with van der Waals surface area (Å²) < 4.78 is 25.1. The van der Waals surface area contributed by atoms with Gasteiger partial charge in [0.05, 0.1) is 5.75 Å². The van der Waals surface area contributed by atoms with Crippen LogP contribution in [0, 0.1) is 0 Å². The van der Waals surface area contributed by atoms with E-state index in [0.717, 1.165) is 12.5 Å². The molecule has 3 N–H and O–H groups in total. The van der Waals surface area contributed by atoms with E-state index in [2.05, 4.69) is 40.5 Å². The number of hydrogen-bond acceptors (Lipinski definition) is 4. The summed E-state index contributed by atoms with van der Waals surface area (Å²) in [6, 6.07) is 0. The number of aliphatic imine (C=N–C) groups is 1. The third-order valence-electron chi connectivity index (χ3n) is 2.81. The average molecular weight is 325 g/mol. The highest BCUT2D eigenvalue weighted by Gasteiger charge is 2.15. The zero-order valence-corrected chi connectivity index (χ0v) is 14.7. The normalized spacial score (nSPS) is 13.3. The lowest BCUT2D eigenvalue weighted by Gasteiger charge is -2.23. The van der Waals surface area contributed by atoms with Gasteiger partial charge in [0, 0.05) is 31.4 Å². The topological polar surface area (TPSA) is 82.6 Å². The van der Waals surface area contributed by atoms with E-state index in [1.165, 1.54) is 0 Å². The van der Waals surface area contributed by atoms with Crippen LogP contribution in [0.15, 0.2) is 4.99 Å². The molecular formula is C12H28N4O2S2. The van der Waals surface area contributed by atoms with Crippen LogP contribution in [0.3, 0.4) is 0 Å². The van der Waals surface area contributed by atoms with Crippen LogP contribution >= 0.6 is 11.8 Å². The largest absolute Gasteiger partial charge is 0.356 e. The zero-order valence-electron chi connectivity index (χ0n) is 13.1. The van der Waals surface area contributed by atoms with Crippen molar-refractivity contribution in [1.29, 1.82) is 0 Å². The maximum absolute atomic E-state index is 11.2. The highest BCUT2D eigenvalue weighted by atomic mass is 32.2. The Bertz CT molecular complexity index is 394. The van der Waals surface area contributed by atoms with Gasteiger partial charge in [-0.15, -0.1) is 0 Å². The number of nitrogens with one attached hydrogen (secondary N) is 3. The number of guanidine groups is 1. The summed E-state index contributed by atoms with van der Waals surface area (Å²) in [6.45, 7) is 7.88. The van der Waals surface area contributed by atoms with E-state index < -0.39 is 10.0 Å². The SMILES string of the molecule is CCS(=O)(=O)NCCCNC(=NC)NCC(C)(C)SC. The second-order valence-corrected chi connectivity index (χ2v) is 8.58. The molecule has 0 spiro atoms. The van der Waals surface area contributed by atoms with Gasteiger partial charge < -0.3 is 10.6 Å². The molecular weight excluding hydrogens is 296 g/mol. The third-order valence-corrected chi connectivity index (χ3v) is 5.46. The smallest absolute Gasteiger partial charge is 0.211 e. The number of sulfonamides is 1. The zero-order chi connectivity index (χ0) is 15.6. The van der Waals surface area contributed by atoms with Crippen molar-refractivity contribution in [3.8, 4) is 0 Å². The molecule has 0 saturated carbocycles. The minimum atomic E-state index is -3.09. The highest BCUT2D eigenvalue weighted by Crippen LogP contribution is 2.19. The lowest BCUT2D eigenvalue weighted by atomic mass is 10.2. The number of rotatable bonds is 9. The number of nitrogens with zero attached hydrogens (tertiary/aromatic N) is 1. The fourth-order valence-corrected chi connectivity index (χ4v) is 2.09. The molecule has 20 heavy (non-hydrogen) atoms. The Balaban J connectivity index is 3.88. The predicted octanol–water partition coefficient (Wildman–Crippen LogP) is 0.622. The van der Waals surface area contributed by atoms with Crippen LogP contribution in [0.2, 0.25) is 0 Å². The standard InChI is InChI=1S/C12H28N4O2S2/c1-6-20(17,18)16-9-7-8-14-11(13-4)15-10-12(2,3)19-5/h16H,6-10H2,1-5H3,(H2,13,14,15). The van der Waals surface area contributed by atoms with Gasteiger partial charge in [0.15, 0.2) is 5.96 Å². The summed E-state index contributed by atoms with van der Waals surface area (Å²) in [5.41, 5.74) is 0. The molecule has 8 heteroatoms. The van der Waals surface area contributed by atoms with E-state index >= 15 is 0 Å². The second kappa shape index (κ2) is 9.46. The van der Waals surface area contributed by atoms with E-state index in [9.17, 15) is 8.42 Å². The Hall–Kier alpha value is -0.470. The monoisotopic (exact) mass is 324 g/mol. The van der Waals surface area contributed by atoms with Crippen LogP contribution < -0.4 is 15.4 Å². The van der Waals surface area contributed by atoms with Gasteiger partial charge in [-0.3, -0.25) is 4.99 Å². The summed E-state index contributed by atoms with van der Waals surface area (Å²) in [4.78, 5) is 4.13. The van der Waals surface area contributed by atoms with E-state index in [1.807, 2.05) is 0 Å². The average Bonchev–Trinajstić information content (AvgIpc) is 2.41. The number of thioether (sulfide) groups is 1. The second-order valence-electron chi connectivity index (χ2n) is 4.97. The van der Waals surface area contributed by atoms with E-state index in [4.69, 9.17) is 0 Å². The molecule has 0 aliphatic heterocycles. The maximum atomic E-state index is 11.2. The Morgan fingerprint density at radius 2 is 1.90 bits per heavy atom. The molecule has 0 unspecified atom stereocenters. The van der Waals surface area contributed by atoms with Gasteiger partial charge in [0.1, 0.15) is 0 Å². The lowest BCUT2D eigenvalue weighted by molar-refractivity contribution is 0.579. The van der Waals surface area contributed by atoms with Gasteiger partial charge in [-0.25, -0.2) is 13.1 Å².